The third-order valence-electron chi connectivity index (χ3n) is 5.44. The van der Waals surface area contributed by atoms with E-state index in [-0.39, 0.29) is 17.6 Å². The van der Waals surface area contributed by atoms with Crippen LogP contribution in [0.2, 0.25) is 5.02 Å². The van der Waals surface area contributed by atoms with Crippen molar-refractivity contribution in [2.75, 3.05) is 0 Å². The van der Waals surface area contributed by atoms with Gasteiger partial charge in [0, 0.05) is 39.7 Å². The highest BCUT2D eigenvalue weighted by Gasteiger charge is 2.32. The number of Topliss-reactive ketones (excluding diaryl/α,β-unsaturated/α-hetero) is 2. The molecule has 1 aliphatic rings. The third-order valence-corrected chi connectivity index (χ3v) is 6.37. The van der Waals surface area contributed by atoms with Gasteiger partial charge in [0.25, 0.3) is 0 Å². The molecule has 0 radical (unpaired) electrons. The fourth-order valence-corrected chi connectivity index (χ4v) is 4.72. The molecule has 0 heterocycles. The molecule has 0 amide bonds. The van der Waals surface area contributed by atoms with E-state index in [1.807, 2.05) is 48.5 Å². The van der Waals surface area contributed by atoms with E-state index < -0.39 is 0 Å². The summed E-state index contributed by atoms with van der Waals surface area (Å²) >= 11 is 9.70. The van der Waals surface area contributed by atoms with Crippen LogP contribution < -0.4 is 0 Å². The maximum atomic E-state index is 13.1. The highest BCUT2D eigenvalue weighted by Crippen LogP contribution is 2.37. The Kier molecular flexibility index (Phi) is 7.26. The van der Waals surface area contributed by atoms with Crippen molar-refractivity contribution in [1.29, 1.82) is 0 Å². The van der Waals surface area contributed by atoms with Crippen LogP contribution in [0.3, 0.4) is 0 Å². The molecule has 1 fully saturated rings. The van der Waals surface area contributed by atoms with Crippen LogP contribution in [0.15, 0.2) is 53.0 Å². The lowest BCUT2D eigenvalue weighted by Gasteiger charge is -2.28. The molecule has 1 saturated carbocycles. The molecule has 2 nitrogen and oxygen atoms in total. The first-order chi connectivity index (χ1) is 13.1. The summed E-state index contributed by atoms with van der Waals surface area (Å²) in [6.45, 7) is 0. The smallest absolute Gasteiger partial charge is 0.164 e. The van der Waals surface area contributed by atoms with Gasteiger partial charge in [-0.05, 0) is 36.6 Å². The molecule has 142 valence electrons. The summed E-state index contributed by atoms with van der Waals surface area (Å²) in [5.74, 6) is 0.103. The van der Waals surface area contributed by atoms with Crippen LogP contribution >= 0.6 is 27.5 Å². The summed E-state index contributed by atoms with van der Waals surface area (Å²) in [7, 11) is 0. The first-order valence-corrected chi connectivity index (χ1v) is 10.8. The summed E-state index contributed by atoms with van der Waals surface area (Å²) < 4.78 is 0.795. The lowest BCUT2D eigenvalue weighted by molar-refractivity contribution is -0.124. The lowest BCUT2D eigenvalue weighted by atomic mass is 9.75. The predicted molar refractivity (Wildman–Crippen MR) is 113 cm³/mol. The molecular weight excluding hydrogens is 424 g/mol. The van der Waals surface area contributed by atoms with Gasteiger partial charge >= 0.3 is 0 Å². The van der Waals surface area contributed by atoms with Crippen molar-refractivity contribution >= 4 is 39.1 Å². The monoisotopic (exact) mass is 446 g/mol. The van der Waals surface area contributed by atoms with Crippen molar-refractivity contribution in [2.45, 2.75) is 50.9 Å². The van der Waals surface area contributed by atoms with Crippen LogP contribution in [-0.2, 0) is 4.79 Å². The number of carbonyl (C=O) groups is 2. The number of carbonyl (C=O) groups excluding carboxylic acids is 2. The number of halogens is 2. The highest BCUT2D eigenvalue weighted by molar-refractivity contribution is 9.10. The number of ketones is 2. The summed E-state index contributed by atoms with van der Waals surface area (Å²) in [5, 5.41) is 0.643. The minimum absolute atomic E-state index is 0.0577. The van der Waals surface area contributed by atoms with Gasteiger partial charge in [-0.3, -0.25) is 9.59 Å². The number of hydrogen-bond donors (Lipinski definition) is 0. The first kappa shape index (κ1) is 20.3. The van der Waals surface area contributed by atoms with Crippen LogP contribution in [0.25, 0.3) is 0 Å². The second-order valence-corrected chi connectivity index (χ2v) is 8.59. The maximum absolute atomic E-state index is 13.1. The van der Waals surface area contributed by atoms with Gasteiger partial charge in [-0.2, -0.15) is 0 Å². The Morgan fingerprint density at radius 2 is 1.85 bits per heavy atom. The molecular formula is C23H24BrClO2. The third kappa shape index (κ3) is 5.30. The van der Waals surface area contributed by atoms with Crippen LogP contribution in [0.4, 0.5) is 0 Å². The Labute approximate surface area is 174 Å². The fraction of sp³-hybridized carbons (Fsp3) is 0.391. The van der Waals surface area contributed by atoms with Crippen molar-refractivity contribution in [3.05, 3.63) is 69.2 Å². The highest BCUT2D eigenvalue weighted by atomic mass is 79.9. The number of hydrogen-bond acceptors (Lipinski definition) is 2. The molecule has 27 heavy (non-hydrogen) atoms. The van der Waals surface area contributed by atoms with Gasteiger partial charge in [-0.1, -0.05) is 77.1 Å². The summed E-state index contributed by atoms with van der Waals surface area (Å²) in [5.41, 5.74) is 1.66. The van der Waals surface area contributed by atoms with Crippen LogP contribution in [-0.4, -0.2) is 11.6 Å². The van der Waals surface area contributed by atoms with Gasteiger partial charge in [-0.25, -0.2) is 0 Å². The Morgan fingerprint density at radius 3 is 2.63 bits per heavy atom. The Morgan fingerprint density at radius 1 is 1.07 bits per heavy atom. The van der Waals surface area contributed by atoms with Crippen molar-refractivity contribution in [3.63, 3.8) is 0 Å². The second-order valence-electron chi connectivity index (χ2n) is 7.29. The van der Waals surface area contributed by atoms with Gasteiger partial charge in [0.2, 0.25) is 0 Å². The second kappa shape index (κ2) is 9.66. The van der Waals surface area contributed by atoms with Gasteiger partial charge in [-0.15, -0.1) is 0 Å². The molecule has 0 N–H and O–H groups in total. The lowest BCUT2D eigenvalue weighted by Crippen LogP contribution is -2.26. The predicted octanol–water partition coefficient (Wildman–Crippen LogP) is 7.00. The minimum atomic E-state index is -0.131. The van der Waals surface area contributed by atoms with Crippen LogP contribution in [0.1, 0.15) is 66.8 Å². The van der Waals surface area contributed by atoms with Crippen LogP contribution in [0.5, 0.6) is 0 Å². The summed E-state index contributed by atoms with van der Waals surface area (Å²) in [6.07, 6.45) is 6.05. The van der Waals surface area contributed by atoms with Crippen LogP contribution in [0, 0.1) is 5.92 Å². The summed E-state index contributed by atoms with van der Waals surface area (Å²) in [6, 6.07) is 15.1. The normalized spacial score (nSPS) is 19.2. The number of benzene rings is 2. The minimum Gasteiger partial charge on any atom is -0.299 e. The largest absolute Gasteiger partial charge is 0.299 e. The molecule has 3 rings (SSSR count). The molecule has 1 aliphatic carbocycles. The van der Waals surface area contributed by atoms with E-state index >= 15 is 0 Å². The maximum Gasteiger partial charge on any atom is 0.164 e. The molecule has 4 heteroatoms. The van der Waals surface area contributed by atoms with E-state index in [4.69, 9.17) is 11.6 Å². The molecule has 0 aliphatic heterocycles. The van der Waals surface area contributed by atoms with Gasteiger partial charge in [0.1, 0.15) is 5.78 Å². The molecule has 0 spiro atoms. The average Bonchev–Trinajstić information content (AvgIpc) is 2.64. The van der Waals surface area contributed by atoms with Crippen molar-refractivity contribution < 1.29 is 9.59 Å². The number of rotatable bonds is 5. The standard InChI is InChI=1S/C23H24BrClO2/c24-21-12-6-5-11-19(21)23(27)15-20(16-8-7-9-17(25)14-16)18-10-3-1-2-4-13-22(18)26/h5-9,11-12,14,18,20H,1-4,10,13,15H2/t18-,20+/m1/s1. The topological polar surface area (TPSA) is 34.1 Å². The SMILES string of the molecule is O=C(C[C@@H](c1cccc(Cl)c1)[C@H]1CCCCCCC1=O)c1ccccc1Br. The van der Waals surface area contributed by atoms with E-state index in [0.717, 1.165) is 42.1 Å². The first-order valence-electron chi connectivity index (χ1n) is 9.62. The Hall–Kier alpha value is -1.45. The van der Waals surface area contributed by atoms with E-state index in [1.54, 1.807) is 0 Å². The molecule has 0 aromatic heterocycles. The van der Waals surface area contributed by atoms with Gasteiger partial charge < -0.3 is 0 Å². The van der Waals surface area contributed by atoms with Crippen molar-refractivity contribution in [3.8, 4) is 0 Å². The molecule has 0 unspecified atom stereocenters. The zero-order valence-electron chi connectivity index (χ0n) is 15.3. The Bertz CT molecular complexity index is 818. The molecule has 0 bridgehead atoms. The molecule has 0 saturated heterocycles. The summed E-state index contributed by atoms with van der Waals surface area (Å²) in [4.78, 5) is 26.0. The van der Waals surface area contributed by atoms with Gasteiger partial charge in [0.05, 0.1) is 0 Å². The quantitative estimate of drug-likeness (QED) is 0.462. The molecule has 2 atom stereocenters. The fourth-order valence-electron chi connectivity index (χ4n) is 4.02. The zero-order chi connectivity index (χ0) is 19.2. The Balaban J connectivity index is 1.93. The van der Waals surface area contributed by atoms with E-state index in [1.165, 1.54) is 0 Å². The van der Waals surface area contributed by atoms with E-state index in [9.17, 15) is 9.59 Å². The molecule has 2 aromatic carbocycles. The molecule has 2 aromatic rings. The van der Waals surface area contributed by atoms with Crippen molar-refractivity contribution in [1.82, 2.24) is 0 Å². The zero-order valence-corrected chi connectivity index (χ0v) is 17.6. The van der Waals surface area contributed by atoms with E-state index in [2.05, 4.69) is 15.9 Å². The van der Waals surface area contributed by atoms with E-state index in [0.29, 0.717) is 29.2 Å². The van der Waals surface area contributed by atoms with Gasteiger partial charge in [0.15, 0.2) is 5.78 Å². The average molecular weight is 448 g/mol. The van der Waals surface area contributed by atoms with Crippen molar-refractivity contribution in [2.24, 2.45) is 5.92 Å².